The van der Waals surface area contributed by atoms with Crippen LogP contribution in [0, 0.1) is 6.92 Å². The van der Waals surface area contributed by atoms with E-state index in [1.165, 1.54) is 0 Å². The molecule has 0 bridgehead atoms. The lowest BCUT2D eigenvalue weighted by Crippen LogP contribution is -2.31. The zero-order valence-electron chi connectivity index (χ0n) is 13.8. The molecule has 2 N–H and O–H groups in total. The van der Waals surface area contributed by atoms with Crippen LogP contribution in [0.2, 0.25) is 0 Å². The Morgan fingerprint density at radius 1 is 1.17 bits per heavy atom. The van der Waals surface area contributed by atoms with Crippen LogP contribution in [0.4, 0.5) is 0 Å². The summed E-state index contributed by atoms with van der Waals surface area (Å²) in [6.45, 7) is 1.96. The fraction of sp³-hybridized carbons (Fsp3) is 0.263. The third-order valence-corrected chi connectivity index (χ3v) is 3.69. The van der Waals surface area contributed by atoms with E-state index in [4.69, 9.17) is 9.84 Å². The van der Waals surface area contributed by atoms with Gasteiger partial charge in [-0.05, 0) is 30.2 Å². The molecule has 1 atom stereocenters. The molecule has 126 valence electrons. The number of benzene rings is 2. The Labute approximate surface area is 141 Å². The standard InChI is InChI=1S/C19H21NO4/c1-13-6-8-15(9-7-13)17(12-19(22)23)20-18(21)11-14-4-3-5-16(10-14)24-2/h3-10,17H,11-12H2,1-2H3,(H,20,21)(H,22,23)/t17-/m1/s1. The molecule has 2 rings (SSSR count). The molecule has 0 aliphatic rings. The zero-order valence-corrected chi connectivity index (χ0v) is 13.8. The van der Waals surface area contributed by atoms with E-state index in [2.05, 4.69) is 5.32 Å². The number of aryl methyl sites for hydroxylation is 1. The van der Waals surface area contributed by atoms with Gasteiger partial charge in [0.2, 0.25) is 5.91 Å². The molecule has 0 unspecified atom stereocenters. The highest BCUT2D eigenvalue weighted by molar-refractivity contribution is 5.80. The van der Waals surface area contributed by atoms with E-state index in [9.17, 15) is 9.59 Å². The Bertz CT molecular complexity index is 710. The number of hydrogen-bond acceptors (Lipinski definition) is 3. The quantitative estimate of drug-likeness (QED) is 0.820. The Balaban J connectivity index is 2.08. The monoisotopic (exact) mass is 327 g/mol. The third kappa shape index (κ3) is 5.12. The van der Waals surface area contributed by atoms with Crippen molar-refractivity contribution in [3.63, 3.8) is 0 Å². The average molecular weight is 327 g/mol. The first-order valence-corrected chi connectivity index (χ1v) is 7.68. The molecule has 0 fully saturated rings. The van der Waals surface area contributed by atoms with E-state index in [0.29, 0.717) is 5.75 Å². The van der Waals surface area contributed by atoms with E-state index in [0.717, 1.165) is 16.7 Å². The lowest BCUT2D eigenvalue weighted by molar-refractivity contribution is -0.137. The van der Waals surface area contributed by atoms with Crippen molar-refractivity contribution in [1.29, 1.82) is 0 Å². The first kappa shape index (κ1) is 17.5. The maximum Gasteiger partial charge on any atom is 0.305 e. The first-order valence-electron chi connectivity index (χ1n) is 7.68. The van der Waals surface area contributed by atoms with Gasteiger partial charge in [-0.25, -0.2) is 0 Å². The zero-order chi connectivity index (χ0) is 17.5. The highest BCUT2D eigenvalue weighted by Gasteiger charge is 2.18. The van der Waals surface area contributed by atoms with Crippen molar-refractivity contribution in [3.05, 3.63) is 65.2 Å². The van der Waals surface area contributed by atoms with E-state index >= 15 is 0 Å². The summed E-state index contributed by atoms with van der Waals surface area (Å²) in [4.78, 5) is 23.4. The fourth-order valence-electron chi connectivity index (χ4n) is 2.44. The number of aliphatic carboxylic acids is 1. The van der Waals surface area contributed by atoms with Crippen molar-refractivity contribution in [2.75, 3.05) is 7.11 Å². The summed E-state index contributed by atoms with van der Waals surface area (Å²) in [7, 11) is 1.57. The third-order valence-electron chi connectivity index (χ3n) is 3.69. The van der Waals surface area contributed by atoms with Crippen LogP contribution in [0.5, 0.6) is 5.75 Å². The van der Waals surface area contributed by atoms with Gasteiger partial charge in [-0.2, -0.15) is 0 Å². The van der Waals surface area contributed by atoms with Gasteiger partial charge < -0.3 is 15.2 Å². The summed E-state index contributed by atoms with van der Waals surface area (Å²) < 4.78 is 5.14. The number of rotatable bonds is 7. The molecule has 0 saturated carbocycles. The molecule has 1 amide bonds. The van der Waals surface area contributed by atoms with Crippen LogP contribution < -0.4 is 10.1 Å². The van der Waals surface area contributed by atoms with Gasteiger partial charge >= 0.3 is 5.97 Å². The minimum atomic E-state index is -0.956. The highest BCUT2D eigenvalue weighted by atomic mass is 16.5. The van der Waals surface area contributed by atoms with Gasteiger partial charge in [-0.15, -0.1) is 0 Å². The molecule has 0 spiro atoms. The second-order valence-electron chi connectivity index (χ2n) is 5.66. The smallest absolute Gasteiger partial charge is 0.305 e. The molecule has 2 aromatic carbocycles. The average Bonchev–Trinajstić information content (AvgIpc) is 2.54. The summed E-state index contributed by atoms with van der Waals surface area (Å²) in [5.41, 5.74) is 2.67. The van der Waals surface area contributed by atoms with E-state index < -0.39 is 12.0 Å². The number of hydrogen-bond donors (Lipinski definition) is 2. The van der Waals surface area contributed by atoms with Crippen LogP contribution in [-0.4, -0.2) is 24.1 Å². The molecule has 0 aliphatic carbocycles. The number of nitrogens with one attached hydrogen (secondary N) is 1. The van der Waals surface area contributed by atoms with Crippen LogP contribution >= 0.6 is 0 Å². The lowest BCUT2D eigenvalue weighted by Gasteiger charge is -2.18. The molecule has 24 heavy (non-hydrogen) atoms. The van der Waals surface area contributed by atoms with Crippen LogP contribution in [0.15, 0.2) is 48.5 Å². The molecule has 0 heterocycles. The van der Waals surface area contributed by atoms with Gasteiger partial charge in [0.1, 0.15) is 5.75 Å². The predicted molar refractivity (Wildman–Crippen MR) is 91.0 cm³/mol. The number of carbonyl (C=O) groups excluding carboxylic acids is 1. The van der Waals surface area contributed by atoms with Crippen molar-refractivity contribution >= 4 is 11.9 Å². The molecule has 0 aromatic heterocycles. The molecule has 0 aliphatic heterocycles. The maximum absolute atomic E-state index is 12.3. The molecule has 0 saturated heterocycles. The Morgan fingerprint density at radius 3 is 2.50 bits per heavy atom. The number of methoxy groups -OCH3 is 1. The molecule has 2 aromatic rings. The summed E-state index contributed by atoms with van der Waals surface area (Å²) in [5, 5.41) is 11.9. The van der Waals surface area contributed by atoms with E-state index in [1.807, 2.05) is 43.3 Å². The summed E-state index contributed by atoms with van der Waals surface area (Å²) in [5.74, 6) is -0.502. The number of carboxylic acids is 1. The van der Waals surface area contributed by atoms with Crippen LogP contribution in [0.1, 0.15) is 29.2 Å². The van der Waals surface area contributed by atoms with Crippen molar-refractivity contribution in [2.24, 2.45) is 0 Å². The largest absolute Gasteiger partial charge is 0.497 e. The SMILES string of the molecule is COc1cccc(CC(=O)N[C@H](CC(=O)O)c2ccc(C)cc2)c1. The van der Waals surface area contributed by atoms with Crippen LogP contribution in [-0.2, 0) is 16.0 Å². The van der Waals surface area contributed by atoms with Gasteiger partial charge in [0, 0.05) is 0 Å². The van der Waals surface area contributed by atoms with Gasteiger partial charge in [0.25, 0.3) is 0 Å². The van der Waals surface area contributed by atoms with Gasteiger partial charge in [-0.1, -0.05) is 42.0 Å². The van der Waals surface area contributed by atoms with Crippen molar-refractivity contribution in [2.45, 2.75) is 25.8 Å². The number of ether oxygens (including phenoxy) is 1. The number of carbonyl (C=O) groups is 2. The minimum Gasteiger partial charge on any atom is -0.497 e. The molecular formula is C19H21NO4. The topological polar surface area (TPSA) is 75.6 Å². The summed E-state index contributed by atoms with van der Waals surface area (Å²) >= 11 is 0. The second kappa shape index (κ2) is 8.15. The minimum absolute atomic E-state index is 0.160. The Kier molecular flexibility index (Phi) is 5.95. The lowest BCUT2D eigenvalue weighted by atomic mass is 10.0. The molecule has 5 nitrogen and oxygen atoms in total. The highest BCUT2D eigenvalue weighted by Crippen LogP contribution is 2.18. The van der Waals surface area contributed by atoms with Crippen molar-refractivity contribution in [3.8, 4) is 5.75 Å². The van der Waals surface area contributed by atoms with Gasteiger partial charge in [-0.3, -0.25) is 9.59 Å². The van der Waals surface area contributed by atoms with Crippen molar-refractivity contribution < 1.29 is 19.4 Å². The number of carboxylic acid groups (broad SMARTS) is 1. The Hall–Kier alpha value is -2.82. The second-order valence-corrected chi connectivity index (χ2v) is 5.66. The predicted octanol–water partition coefficient (Wildman–Crippen LogP) is 2.88. The molecular weight excluding hydrogens is 306 g/mol. The fourth-order valence-corrected chi connectivity index (χ4v) is 2.44. The maximum atomic E-state index is 12.3. The molecule has 0 radical (unpaired) electrons. The van der Waals surface area contributed by atoms with Crippen LogP contribution in [0.25, 0.3) is 0 Å². The van der Waals surface area contributed by atoms with E-state index in [-0.39, 0.29) is 18.7 Å². The summed E-state index contributed by atoms with van der Waals surface area (Å²) in [6, 6.07) is 14.2. The van der Waals surface area contributed by atoms with Gasteiger partial charge in [0.15, 0.2) is 0 Å². The van der Waals surface area contributed by atoms with E-state index in [1.54, 1.807) is 19.2 Å². The Morgan fingerprint density at radius 2 is 1.88 bits per heavy atom. The summed E-state index contributed by atoms with van der Waals surface area (Å²) in [6.07, 6.45) is 0.00604. The normalized spacial score (nSPS) is 11.6. The number of amides is 1. The molecule has 5 heteroatoms. The van der Waals surface area contributed by atoms with Gasteiger partial charge in [0.05, 0.1) is 26.0 Å². The first-order chi connectivity index (χ1) is 11.5. The van der Waals surface area contributed by atoms with Crippen LogP contribution in [0.3, 0.4) is 0 Å². The van der Waals surface area contributed by atoms with Crippen molar-refractivity contribution in [1.82, 2.24) is 5.32 Å².